The molecule has 0 spiro atoms. The minimum absolute atomic E-state index is 0.0175. The number of hydrogen-bond donors (Lipinski definition) is 1. The molecule has 1 fully saturated rings. The molecule has 0 unspecified atom stereocenters. The summed E-state index contributed by atoms with van der Waals surface area (Å²) in [5.74, 6) is -1.11. The number of hydrogen-bond acceptors (Lipinski definition) is 4. The highest BCUT2D eigenvalue weighted by Crippen LogP contribution is 2.28. The molecular weight excluding hydrogens is 358 g/mol. The smallest absolute Gasteiger partial charge is 0.267 e. The molecule has 1 aliphatic heterocycles. The van der Waals surface area contributed by atoms with Crippen LogP contribution < -0.4 is 10.4 Å². The first-order valence-electron chi connectivity index (χ1n) is 7.66. The number of nitrogens with one attached hydrogen (secondary N) is 1. The summed E-state index contributed by atoms with van der Waals surface area (Å²) in [5, 5.41) is 12.1. The molecule has 1 N–H and O–H groups in total. The number of anilines is 1. The second-order valence-corrected chi connectivity index (χ2v) is 6.28. The lowest BCUT2D eigenvalue weighted by Crippen LogP contribution is -2.35. The molecule has 26 heavy (non-hydrogen) atoms. The monoisotopic (exact) mass is 371 g/mol. The molecule has 0 saturated carbocycles. The minimum atomic E-state index is -0.623. The van der Waals surface area contributed by atoms with Crippen molar-refractivity contribution in [1.29, 1.82) is 0 Å². The lowest BCUT2D eigenvalue weighted by atomic mass is 10.1. The number of rotatable bonds is 3. The average molecular weight is 372 g/mol. The summed E-state index contributed by atoms with van der Waals surface area (Å²) in [6, 6.07) is 9.45. The third kappa shape index (κ3) is 3.16. The highest BCUT2D eigenvalue weighted by atomic mass is 35.5. The van der Waals surface area contributed by atoms with Crippen molar-refractivity contribution in [3.05, 3.63) is 73.8 Å². The van der Waals surface area contributed by atoms with Crippen LogP contribution >= 0.6 is 11.6 Å². The van der Waals surface area contributed by atoms with E-state index in [4.69, 9.17) is 11.6 Å². The van der Waals surface area contributed by atoms with E-state index in [1.807, 2.05) is 19.9 Å². The maximum Gasteiger partial charge on any atom is 0.288 e. The van der Waals surface area contributed by atoms with Crippen molar-refractivity contribution in [2.75, 3.05) is 5.01 Å². The SMILES string of the molecule is Cc1ccc(N2NC(=O)/C(=C\c3ccc(Cl)c([N+](=O)[O-])c3)C2=O)cc1C. The number of nitro benzene ring substituents is 1. The molecule has 3 rings (SSSR count). The molecule has 132 valence electrons. The van der Waals surface area contributed by atoms with E-state index >= 15 is 0 Å². The van der Waals surface area contributed by atoms with Crippen molar-refractivity contribution in [2.45, 2.75) is 13.8 Å². The van der Waals surface area contributed by atoms with Gasteiger partial charge in [-0.15, -0.1) is 0 Å². The van der Waals surface area contributed by atoms with Crippen molar-refractivity contribution in [3.63, 3.8) is 0 Å². The summed E-state index contributed by atoms with van der Waals surface area (Å²) in [5.41, 5.74) is 5.02. The fraction of sp³-hybridized carbons (Fsp3) is 0.111. The summed E-state index contributed by atoms with van der Waals surface area (Å²) in [6.45, 7) is 3.85. The van der Waals surface area contributed by atoms with Crippen molar-refractivity contribution in [1.82, 2.24) is 5.43 Å². The first-order chi connectivity index (χ1) is 12.3. The molecule has 7 nitrogen and oxygen atoms in total. The predicted molar refractivity (Wildman–Crippen MR) is 97.6 cm³/mol. The second-order valence-electron chi connectivity index (χ2n) is 5.88. The molecule has 8 heteroatoms. The van der Waals surface area contributed by atoms with E-state index in [9.17, 15) is 19.7 Å². The third-order valence-corrected chi connectivity index (χ3v) is 4.44. The summed E-state index contributed by atoms with van der Waals surface area (Å²) in [6.07, 6.45) is 1.31. The topological polar surface area (TPSA) is 92.6 Å². The van der Waals surface area contributed by atoms with Crippen LogP contribution in [0.2, 0.25) is 5.02 Å². The van der Waals surface area contributed by atoms with Gasteiger partial charge in [0.05, 0.1) is 10.6 Å². The lowest BCUT2D eigenvalue weighted by molar-refractivity contribution is -0.384. The van der Waals surface area contributed by atoms with Gasteiger partial charge in [0, 0.05) is 6.07 Å². The Bertz CT molecular complexity index is 984. The highest BCUT2D eigenvalue weighted by molar-refractivity contribution is 6.33. The maximum absolute atomic E-state index is 12.6. The summed E-state index contributed by atoms with van der Waals surface area (Å²) >= 11 is 5.78. The fourth-order valence-corrected chi connectivity index (χ4v) is 2.72. The van der Waals surface area contributed by atoms with E-state index in [2.05, 4.69) is 5.43 Å². The second kappa shape index (κ2) is 6.61. The van der Waals surface area contributed by atoms with Crippen LogP contribution in [0.1, 0.15) is 16.7 Å². The van der Waals surface area contributed by atoms with Crippen LogP contribution in [-0.2, 0) is 9.59 Å². The van der Waals surface area contributed by atoms with Gasteiger partial charge in [-0.25, -0.2) is 5.01 Å². The molecule has 1 saturated heterocycles. The third-order valence-electron chi connectivity index (χ3n) is 4.12. The van der Waals surface area contributed by atoms with Gasteiger partial charge in [0.15, 0.2) is 0 Å². The van der Waals surface area contributed by atoms with Crippen LogP contribution in [0.15, 0.2) is 42.0 Å². The Labute approximate surface area is 154 Å². The zero-order chi connectivity index (χ0) is 19.0. The molecule has 1 heterocycles. The molecule has 2 aromatic carbocycles. The molecule has 2 aromatic rings. The van der Waals surface area contributed by atoms with E-state index in [1.54, 1.807) is 12.1 Å². The van der Waals surface area contributed by atoms with Gasteiger partial charge in [-0.05, 0) is 54.8 Å². The number of carbonyl (C=O) groups is 2. The van der Waals surface area contributed by atoms with Crippen molar-refractivity contribution in [2.24, 2.45) is 0 Å². The van der Waals surface area contributed by atoms with E-state index < -0.39 is 16.7 Å². The summed E-state index contributed by atoms with van der Waals surface area (Å²) in [4.78, 5) is 35.2. The van der Waals surface area contributed by atoms with E-state index in [0.717, 1.165) is 16.1 Å². The van der Waals surface area contributed by atoms with Gasteiger partial charge in [-0.1, -0.05) is 23.7 Å². The van der Waals surface area contributed by atoms with Gasteiger partial charge >= 0.3 is 0 Å². The number of benzene rings is 2. The fourth-order valence-electron chi connectivity index (χ4n) is 2.53. The minimum Gasteiger partial charge on any atom is -0.267 e. The van der Waals surface area contributed by atoms with E-state index in [0.29, 0.717) is 11.3 Å². The Morgan fingerprint density at radius 1 is 1.12 bits per heavy atom. The Morgan fingerprint density at radius 3 is 2.50 bits per heavy atom. The molecule has 0 atom stereocenters. The molecule has 0 aliphatic carbocycles. The van der Waals surface area contributed by atoms with Gasteiger partial charge < -0.3 is 0 Å². The van der Waals surface area contributed by atoms with E-state index in [1.165, 1.54) is 24.3 Å². The Balaban J connectivity index is 1.96. The largest absolute Gasteiger partial charge is 0.288 e. The first kappa shape index (κ1) is 17.6. The van der Waals surface area contributed by atoms with Crippen molar-refractivity contribution < 1.29 is 14.5 Å². The van der Waals surface area contributed by atoms with Crippen LogP contribution in [-0.4, -0.2) is 16.7 Å². The number of nitrogens with zero attached hydrogens (tertiary/aromatic N) is 2. The van der Waals surface area contributed by atoms with Crippen LogP contribution in [0.4, 0.5) is 11.4 Å². The molecule has 1 aliphatic rings. The van der Waals surface area contributed by atoms with E-state index in [-0.39, 0.29) is 16.3 Å². The lowest BCUT2D eigenvalue weighted by Gasteiger charge is -2.15. The predicted octanol–water partition coefficient (Wildman–Crippen LogP) is 3.33. The molecule has 2 amide bonds. The molecule has 0 bridgehead atoms. The van der Waals surface area contributed by atoms with Gasteiger partial charge in [-0.3, -0.25) is 25.1 Å². The molecule has 0 radical (unpaired) electrons. The Morgan fingerprint density at radius 2 is 1.85 bits per heavy atom. The van der Waals surface area contributed by atoms with Crippen molar-refractivity contribution >= 4 is 40.9 Å². The van der Waals surface area contributed by atoms with Gasteiger partial charge in [0.1, 0.15) is 10.6 Å². The number of halogens is 1. The molecule has 0 aromatic heterocycles. The Kier molecular flexibility index (Phi) is 4.48. The molecular formula is C18H14ClN3O4. The highest BCUT2D eigenvalue weighted by Gasteiger charge is 2.34. The van der Waals surface area contributed by atoms with Gasteiger partial charge in [-0.2, -0.15) is 0 Å². The number of aryl methyl sites for hydroxylation is 2. The number of carbonyl (C=O) groups excluding carboxylic acids is 2. The van der Waals surface area contributed by atoms with Crippen LogP contribution in [0.5, 0.6) is 0 Å². The standard InChI is InChI=1S/C18H14ClN3O4/c1-10-3-5-13(7-11(10)2)21-18(24)14(17(23)20-21)8-12-4-6-15(19)16(9-12)22(25)26/h3-9H,1-2H3,(H,20,23)/b14-8+. The van der Waals surface area contributed by atoms with Crippen LogP contribution in [0.25, 0.3) is 6.08 Å². The maximum atomic E-state index is 12.6. The quantitative estimate of drug-likeness (QED) is 0.387. The van der Waals surface area contributed by atoms with Gasteiger partial charge in [0.2, 0.25) is 0 Å². The number of amides is 2. The zero-order valence-electron chi connectivity index (χ0n) is 13.9. The van der Waals surface area contributed by atoms with Crippen LogP contribution in [0.3, 0.4) is 0 Å². The number of hydrazine groups is 1. The Hall–Kier alpha value is -3.19. The summed E-state index contributed by atoms with van der Waals surface area (Å²) in [7, 11) is 0. The first-order valence-corrected chi connectivity index (χ1v) is 8.04. The van der Waals surface area contributed by atoms with Crippen molar-refractivity contribution in [3.8, 4) is 0 Å². The summed E-state index contributed by atoms with van der Waals surface area (Å²) < 4.78 is 0. The van der Waals surface area contributed by atoms with Gasteiger partial charge in [0.25, 0.3) is 17.5 Å². The number of nitro groups is 1. The zero-order valence-corrected chi connectivity index (χ0v) is 14.7. The normalized spacial score (nSPS) is 15.5. The average Bonchev–Trinajstić information content (AvgIpc) is 2.87. The van der Waals surface area contributed by atoms with Crippen LogP contribution in [0, 0.1) is 24.0 Å².